The van der Waals surface area contributed by atoms with E-state index in [4.69, 9.17) is 0 Å². The summed E-state index contributed by atoms with van der Waals surface area (Å²) in [7, 11) is 0. The highest BCUT2D eigenvalue weighted by Gasteiger charge is 2.35. The van der Waals surface area contributed by atoms with Crippen molar-refractivity contribution in [1.29, 1.82) is 0 Å². The predicted molar refractivity (Wildman–Crippen MR) is 93.6 cm³/mol. The van der Waals surface area contributed by atoms with Crippen LogP contribution in [-0.2, 0) is 22.6 Å². The summed E-state index contributed by atoms with van der Waals surface area (Å²) in [5.74, 6) is 0.487. The zero-order chi connectivity index (χ0) is 17.8. The molecule has 5 heteroatoms. The molecule has 1 aromatic heterocycles. The van der Waals surface area contributed by atoms with Crippen molar-refractivity contribution in [2.24, 2.45) is 10.8 Å². The molecule has 0 aliphatic carbocycles. The van der Waals surface area contributed by atoms with Gasteiger partial charge in [-0.2, -0.15) is 0 Å². The Morgan fingerprint density at radius 1 is 1.21 bits per heavy atom. The molecule has 0 radical (unpaired) electrons. The van der Waals surface area contributed by atoms with Crippen LogP contribution in [0.15, 0.2) is 6.20 Å². The van der Waals surface area contributed by atoms with E-state index in [1.807, 2.05) is 17.8 Å². The number of Topliss-reactive ketones (excluding diaryl/α,β-unsaturated/α-hetero) is 2. The number of hydrogen-bond acceptors (Lipinski definition) is 4. The first-order valence-electron chi connectivity index (χ1n) is 9.22. The Labute approximate surface area is 145 Å². The molecular weight excluding hydrogens is 302 g/mol. The van der Waals surface area contributed by atoms with Gasteiger partial charge in [0.05, 0.1) is 11.9 Å². The molecular formula is C19H31N3O2. The number of rotatable bonds is 2. The van der Waals surface area contributed by atoms with Crippen molar-refractivity contribution in [3.05, 3.63) is 11.9 Å². The van der Waals surface area contributed by atoms with Crippen LogP contribution in [0.1, 0.15) is 78.3 Å². The average Bonchev–Trinajstić information content (AvgIpc) is 3.01. The second-order valence-electron chi connectivity index (χ2n) is 7.86. The number of ketones is 2. The molecule has 24 heavy (non-hydrogen) atoms. The maximum Gasteiger partial charge on any atom is 0.138 e. The minimum atomic E-state index is -0.385. The maximum absolute atomic E-state index is 12.9. The Kier molecular flexibility index (Phi) is 5.94. The highest BCUT2D eigenvalue weighted by Crippen LogP contribution is 2.36. The minimum Gasteiger partial charge on any atom is -0.299 e. The lowest BCUT2D eigenvalue weighted by Gasteiger charge is -2.30. The Morgan fingerprint density at radius 2 is 1.96 bits per heavy atom. The molecule has 1 aromatic rings. The topological polar surface area (TPSA) is 64.8 Å². The van der Waals surface area contributed by atoms with E-state index in [1.54, 1.807) is 6.92 Å². The zero-order valence-corrected chi connectivity index (χ0v) is 15.6. The van der Waals surface area contributed by atoms with Crippen LogP contribution in [-0.4, -0.2) is 26.6 Å². The number of carbonyl (C=O) groups excluding carboxylic acids is 2. The van der Waals surface area contributed by atoms with Crippen molar-refractivity contribution in [1.82, 2.24) is 15.0 Å². The number of fused-ring (bicyclic) bond motifs is 1. The predicted octanol–water partition coefficient (Wildman–Crippen LogP) is 3.76. The Morgan fingerprint density at radius 3 is 2.62 bits per heavy atom. The summed E-state index contributed by atoms with van der Waals surface area (Å²) in [6.45, 7) is 8.66. The Bertz CT molecular complexity index is 595. The van der Waals surface area contributed by atoms with Crippen LogP contribution in [0.25, 0.3) is 0 Å². The third kappa shape index (κ3) is 4.11. The largest absolute Gasteiger partial charge is 0.299 e. The Hall–Kier alpha value is -1.52. The summed E-state index contributed by atoms with van der Waals surface area (Å²) < 4.78 is 1.96. The highest BCUT2D eigenvalue weighted by atomic mass is 16.1. The van der Waals surface area contributed by atoms with Gasteiger partial charge in [-0.3, -0.25) is 9.59 Å². The highest BCUT2D eigenvalue weighted by molar-refractivity contribution is 5.86. The van der Waals surface area contributed by atoms with Gasteiger partial charge in [0.15, 0.2) is 0 Å². The second kappa shape index (κ2) is 7.58. The fourth-order valence-corrected chi connectivity index (χ4v) is 3.52. The van der Waals surface area contributed by atoms with Crippen LogP contribution in [0.3, 0.4) is 0 Å². The first-order valence-corrected chi connectivity index (χ1v) is 9.22. The smallest absolute Gasteiger partial charge is 0.138 e. The van der Waals surface area contributed by atoms with Crippen molar-refractivity contribution in [3.63, 3.8) is 0 Å². The lowest BCUT2D eigenvalue weighted by Crippen LogP contribution is -2.31. The first-order chi connectivity index (χ1) is 11.3. The number of nitrogens with zero attached hydrogens (tertiary/aromatic N) is 3. The molecule has 0 unspecified atom stereocenters. The van der Waals surface area contributed by atoms with Crippen molar-refractivity contribution < 1.29 is 9.59 Å². The number of aryl methyl sites for hydroxylation is 2. The van der Waals surface area contributed by atoms with Gasteiger partial charge >= 0.3 is 0 Å². The summed E-state index contributed by atoms with van der Waals surface area (Å²) in [4.78, 5) is 25.0. The molecule has 2 rings (SSSR count). The molecule has 1 aliphatic rings. The van der Waals surface area contributed by atoms with Crippen LogP contribution in [0.4, 0.5) is 0 Å². The molecule has 0 fully saturated rings. The monoisotopic (exact) mass is 333 g/mol. The van der Waals surface area contributed by atoms with Crippen molar-refractivity contribution in [2.45, 2.75) is 85.6 Å². The maximum atomic E-state index is 12.9. The van der Waals surface area contributed by atoms with E-state index in [-0.39, 0.29) is 22.4 Å². The van der Waals surface area contributed by atoms with Gasteiger partial charge in [0.2, 0.25) is 0 Å². The number of hydrogen-bond donors (Lipinski definition) is 0. The molecule has 0 N–H and O–H groups in total. The lowest BCUT2D eigenvalue weighted by atomic mass is 9.72. The Balaban J connectivity index is 2.25. The third-order valence-corrected chi connectivity index (χ3v) is 6.19. The van der Waals surface area contributed by atoms with Crippen LogP contribution in [0.5, 0.6) is 0 Å². The average molecular weight is 333 g/mol. The minimum absolute atomic E-state index is 0.199. The van der Waals surface area contributed by atoms with E-state index in [2.05, 4.69) is 24.2 Å². The molecule has 2 atom stereocenters. The lowest BCUT2D eigenvalue weighted by molar-refractivity contribution is -0.131. The van der Waals surface area contributed by atoms with Crippen molar-refractivity contribution in [2.75, 3.05) is 0 Å². The molecule has 0 aromatic carbocycles. The molecule has 0 saturated heterocycles. The van der Waals surface area contributed by atoms with Gasteiger partial charge in [-0.05, 0) is 45.4 Å². The van der Waals surface area contributed by atoms with Gasteiger partial charge in [-0.15, -0.1) is 5.10 Å². The van der Waals surface area contributed by atoms with Crippen molar-refractivity contribution >= 4 is 11.6 Å². The molecule has 0 amide bonds. The third-order valence-electron chi connectivity index (χ3n) is 6.19. The normalized spacial score (nSPS) is 29.9. The van der Waals surface area contributed by atoms with E-state index in [9.17, 15) is 9.59 Å². The van der Waals surface area contributed by atoms with Gasteiger partial charge in [0, 0.05) is 23.8 Å². The first kappa shape index (κ1) is 18.8. The number of carbonyl (C=O) groups is 2. The summed E-state index contributed by atoms with van der Waals surface area (Å²) in [5.41, 5.74) is 0.390. The molecule has 134 valence electrons. The quantitative estimate of drug-likeness (QED) is 0.826. The fourth-order valence-electron chi connectivity index (χ4n) is 3.52. The summed E-state index contributed by atoms with van der Waals surface area (Å²) >= 11 is 0. The molecule has 0 spiro atoms. The fraction of sp³-hybridized carbons (Fsp3) is 0.789. The molecule has 0 saturated carbocycles. The second-order valence-corrected chi connectivity index (χ2v) is 7.86. The zero-order valence-electron chi connectivity index (χ0n) is 15.6. The molecule has 2 heterocycles. The van der Waals surface area contributed by atoms with Gasteiger partial charge in [0.1, 0.15) is 11.6 Å². The van der Waals surface area contributed by atoms with E-state index >= 15 is 0 Å². The van der Waals surface area contributed by atoms with Gasteiger partial charge in [-0.1, -0.05) is 32.4 Å². The molecule has 1 aliphatic heterocycles. The molecule has 0 bridgehead atoms. The van der Waals surface area contributed by atoms with E-state index in [1.165, 1.54) is 0 Å². The standard InChI is InChI=1S/C19H31N3O2/c1-5-18(3)11-8-16-14-20-21-22(16)13-7-6-10-19(4,15(2)23)12-9-17(18)24/h14H,5-13H2,1-4H3/t18-,19+/m0/s1. The van der Waals surface area contributed by atoms with Crippen LogP contribution in [0.2, 0.25) is 0 Å². The van der Waals surface area contributed by atoms with Crippen LogP contribution >= 0.6 is 0 Å². The van der Waals surface area contributed by atoms with E-state index < -0.39 is 0 Å². The van der Waals surface area contributed by atoms with Crippen LogP contribution < -0.4 is 0 Å². The summed E-state index contributed by atoms with van der Waals surface area (Å²) in [6, 6.07) is 0. The number of aromatic nitrogens is 3. The SMILES string of the molecule is CC[C@@]1(C)CCc2cnnn2CCCC[C@@](C)(C(C)=O)CCC1=O. The summed E-state index contributed by atoms with van der Waals surface area (Å²) in [6.07, 6.45) is 8.24. The van der Waals surface area contributed by atoms with E-state index in [0.29, 0.717) is 12.8 Å². The van der Waals surface area contributed by atoms with E-state index in [0.717, 1.165) is 50.8 Å². The van der Waals surface area contributed by atoms with Gasteiger partial charge in [0.25, 0.3) is 0 Å². The van der Waals surface area contributed by atoms with Gasteiger partial charge < -0.3 is 0 Å². The summed E-state index contributed by atoms with van der Waals surface area (Å²) in [5, 5.41) is 8.22. The van der Waals surface area contributed by atoms with Gasteiger partial charge in [-0.25, -0.2) is 4.68 Å². The molecule has 5 nitrogen and oxygen atoms in total. The van der Waals surface area contributed by atoms with Crippen molar-refractivity contribution in [3.8, 4) is 0 Å². The van der Waals surface area contributed by atoms with Crippen LogP contribution in [0, 0.1) is 10.8 Å².